The molecule has 1 aromatic carbocycles. The predicted molar refractivity (Wildman–Crippen MR) is 113 cm³/mol. The number of aliphatic imine (C=N–C) groups is 1. The molecule has 1 fully saturated rings. The standard InChI is InChI=1S/C21H17BrFN3OS/c1-12-11-26-20(19(25-21(26)28-12)16-4-2-3-9-24-16)18-8-7-17(27-18)14-6-5-13(23)10-15(14)22/h2-10,12,19-20H,11H2,1H3/t12-,19+,20-/m0/s1. The summed E-state index contributed by atoms with van der Waals surface area (Å²) in [6.07, 6.45) is 1.80. The minimum atomic E-state index is -0.283. The van der Waals surface area contributed by atoms with Gasteiger partial charge in [0.1, 0.15) is 29.4 Å². The van der Waals surface area contributed by atoms with E-state index in [1.165, 1.54) is 12.1 Å². The number of aromatic nitrogens is 1. The van der Waals surface area contributed by atoms with Crippen LogP contribution in [0.1, 0.15) is 30.5 Å². The summed E-state index contributed by atoms with van der Waals surface area (Å²) in [5, 5.41) is 1.54. The van der Waals surface area contributed by atoms with Gasteiger partial charge in [-0.1, -0.05) is 24.8 Å². The zero-order valence-corrected chi connectivity index (χ0v) is 17.5. The van der Waals surface area contributed by atoms with Gasteiger partial charge in [0.05, 0.1) is 5.69 Å². The Balaban J connectivity index is 1.54. The van der Waals surface area contributed by atoms with Crippen LogP contribution in [0, 0.1) is 5.82 Å². The van der Waals surface area contributed by atoms with Crippen LogP contribution in [0.4, 0.5) is 4.39 Å². The molecule has 0 radical (unpaired) electrons. The van der Waals surface area contributed by atoms with Crippen LogP contribution in [0.5, 0.6) is 0 Å². The Morgan fingerprint density at radius 2 is 2.11 bits per heavy atom. The van der Waals surface area contributed by atoms with E-state index in [0.717, 1.165) is 28.7 Å². The lowest BCUT2D eigenvalue weighted by Crippen LogP contribution is -2.28. The Labute approximate surface area is 175 Å². The number of thioether (sulfide) groups is 1. The number of pyridine rings is 1. The second-order valence-electron chi connectivity index (χ2n) is 6.96. The minimum Gasteiger partial charge on any atom is -0.459 e. The van der Waals surface area contributed by atoms with Crippen LogP contribution in [-0.2, 0) is 0 Å². The van der Waals surface area contributed by atoms with E-state index in [1.807, 2.05) is 30.3 Å². The summed E-state index contributed by atoms with van der Waals surface area (Å²) in [5.74, 6) is 1.26. The summed E-state index contributed by atoms with van der Waals surface area (Å²) < 4.78 is 20.4. The van der Waals surface area contributed by atoms with Gasteiger partial charge in [0, 0.05) is 28.0 Å². The molecule has 0 unspecified atom stereocenters. The maximum absolute atomic E-state index is 13.4. The topological polar surface area (TPSA) is 41.6 Å². The van der Waals surface area contributed by atoms with Gasteiger partial charge in [-0.2, -0.15) is 0 Å². The molecule has 0 saturated carbocycles. The van der Waals surface area contributed by atoms with E-state index < -0.39 is 0 Å². The first kappa shape index (κ1) is 17.9. The first-order chi connectivity index (χ1) is 13.6. The molecular weight excluding hydrogens is 441 g/mol. The zero-order valence-electron chi connectivity index (χ0n) is 15.0. The molecular formula is C21H17BrFN3OS. The summed E-state index contributed by atoms with van der Waals surface area (Å²) in [6, 6.07) is 14.3. The lowest BCUT2D eigenvalue weighted by molar-refractivity contribution is 0.277. The van der Waals surface area contributed by atoms with Crippen molar-refractivity contribution >= 4 is 32.9 Å². The molecule has 2 aliphatic heterocycles. The van der Waals surface area contributed by atoms with Crippen molar-refractivity contribution in [1.82, 2.24) is 9.88 Å². The average Bonchev–Trinajstić information content (AvgIpc) is 3.36. The molecule has 0 aliphatic carbocycles. The SMILES string of the molecule is C[C@H]1CN2C(=N[C@H](c3ccccn3)[C@@H]2c2ccc(-c3ccc(F)cc3Br)o2)S1. The molecule has 7 heteroatoms. The van der Waals surface area contributed by atoms with Crippen molar-refractivity contribution in [2.24, 2.45) is 4.99 Å². The molecule has 0 bridgehead atoms. The maximum atomic E-state index is 13.4. The highest BCUT2D eigenvalue weighted by atomic mass is 79.9. The Hall–Kier alpha value is -2.12. The van der Waals surface area contributed by atoms with Crippen LogP contribution < -0.4 is 0 Å². The second-order valence-corrected chi connectivity index (χ2v) is 9.22. The van der Waals surface area contributed by atoms with Crippen molar-refractivity contribution in [3.63, 3.8) is 0 Å². The summed E-state index contributed by atoms with van der Waals surface area (Å²) in [7, 11) is 0. The number of benzene rings is 1. The van der Waals surface area contributed by atoms with E-state index in [9.17, 15) is 4.39 Å². The molecule has 1 saturated heterocycles. The highest BCUT2D eigenvalue weighted by Gasteiger charge is 2.45. The molecule has 142 valence electrons. The highest BCUT2D eigenvalue weighted by molar-refractivity contribution is 9.10. The Kier molecular flexibility index (Phi) is 4.51. The van der Waals surface area contributed by atoms with E-state index in [0.29, 0.717) is 15.5 Å². The normalized spacial score (nSPS) is 23.8. The van der Waals surface area contributed by atoms with E-state index in [2.05, 4.69) is 32.7 Å². The Morgan fingerprint density at radius 3 is 2.89 bits per heavy atom. The van der Waals surface area contributed by atoms with Crippen LogP contribution in [0.3, 0.4) is 0 Å². The highest BCUT2D eigenvalue weighted by Crippen LogP contribution is 2.48. The van der Waals surface area contributed by atoms with Gasteiger partial charge in [0.2, 0.25) is 0 Å². The quantitative estimate of drug-likeness (QED) is 0.495. The summed E-state index contributed by atoms with van der Waals surface area (Å²) in [5.41, 5.74) is 1.76. The number of nitrogens with zero attached hydrogens (tertiary/aromatic N) is 3. The summed E-state index contributed by atoms with van der Waals surface area (Å²) >= 11 is 5.23. The number of amidine groups is 1. The summed E-state index contributed by atoms with van der Waals surface area (Å²) in [6.45, 7) is 3.13. The molecule has 4 heterocycles. The van der Waals surface area contributed by atoms with E-state index in [-0.39, 0.29) is 17.9 Å². The first-order valence-corrected chi connectivity index (χ1v) is 10.7. The van der Waals surface area contributed by atoms with Crippen LogP contribution >= 0.6 is 27.7 Å². The largest absolute Gasteiger partial charge is 0.459 e. The van der Waals surface area contributed by atoms with Gasteiger partial charge >= 0.3 is 0 Å². The molecule has 5 rings (SSSR count). The average molecular weight is 458 g/mol. The molecule has 28 heavy (non-hydrogen) atoms. The Morgan fingerprint density at radius 1 is 1.21 bits per heavy atom. The molecule has 4 nitrogen and oxygen atoms in total. The third-order valence-electron chi connectivity index (χ3n) is 5.00. The number of furan rings is 1. The molecule has 0 N–H and O–H groups in total. The number of hydrogen-bond donors (Lipinski definition) is 0. The van der Waals surface area contributed by atoms with Crippen molar-refractivity contribution < 1.29 is 8.81 Å². The predicted octanol–water partition coefficient (Wildman–Crippen LogP) is 5.83. The van der Waals surface area contributed by atoms with Crippen molar-refractivity contribution in [2.75, 3.05) is 6.54 Å². The van der Waals surface area contributed by atoms with E-state index in [4.69, 9.17) is 9.41 Å². The monoisotopic (exact) mass is 457 g/mol. The van der Waals surface area contributed by atoms with Crippen LogP contribution in [0.25, 0.3) is 11.3 Å². The van der Waals surface area contributed by atoms with Crippen molar-refractivity contribution in [3.05, 3.63) is 76.5 Å². The Bertz CT molecular complexity index is 1050. The summed E-state index contributed by atoms with van der Waals surface area (Å²) in [4.78, 5) is 11.8. The minimum absolute atomic E-state index is 0.0321. The molecule has 0 amide bonds. The lowest BCUT2D eigenvalue weighted by Gasteiger charge is -2.25. The van der Waals surface area contributed by atoms with Gasteiger partial charge in [-0.15, -0.1) is 0 Å². The first-order valence-electron chi connectivity index (χ1n) is 9.07. The van der Waals surface area contributed by atoms with Crippen molar-refractivity contribution in [2.45, 2.75) is 24.3 Å². The second kappa shape index (κ2) is 7.04. The molecule has 2 aliphatic rings. The third-order valence-corrected chi connectivity index (χ3v) is 6.75. The van der Waals surface area contributed by atoms with Gasteiger partial charge in [-0.05, 0) is 58.4 Å². The van der Waals surface area contributed by atoms with Gasteiger partial charge in [0.15, 0.2) is 5.17 Å². The van der Waals surface area contributed by atoms with Crippen LogP contribution in [0.2, 0.25) is 0 Å². The lowest BCUT2D eigenvalue weighted by atomic mass is 10.0. The smallest absolute Gasteiger partial charge is 0.161 e. The maximum Gasteiger partial charge on any atom is 0.161 e. The molecule has 3 aromatic rings. The molecule has 0 spiro atoms. The van der Waals surface area contributed by atoms with E-state index in [1.54, 1.807) is 24.0 Å². The van der Waals surface area contributed by atoms with E-state index >= 15 is 0 Å². The van der Waals surface area contributed by atoms with Gasteiger partial charge in [-0.3, -0.25) is 4.98 Å². The molecule has 2 aromatic heterocycles. The third kappa shape index (κ3) is 3.06. The number of fused-ring (bicyclic) bond motifs is 1. The van der Waals surface area contributed by atoms with Gasteiger partial charge in [-0.25, -0.2) is 9.38 Å². The number of hydrogen-bond acceptors (Lipinski definition) is 5. The van der Waals surface area contributed by atoms with Gasteiger partial charge in [0.25, 0.3) is 0 Å². The van der Waals surface area contributed by atoms with Crippen molar-refractivity contribution in [1.29, 1.82) is 0 Å². The van der Waals surface area contributed by atoms with Crippen LogP contribution in [-0.4, -0.2) is 26.8 Å². The van der Waals surface area contributed by atoms with Crippen LogP contribution in [0.15, 0.2) is 68.6 Å². The number of halogens is 2. The van der Waals surface area contributed by atoms with Crippen molar-refractivity contribution in [3.8, 4) is 11.3 Å². The molecule has 3 atom stereocenters. The number of rotatable bonds is 3. The fraction of sp³-hybridized carbons (Fsp3) is 0.238. The fourth-order valence-electron chi connectivity index (χ4n) is 3.77. The zero-order chi connectivity index (χ0) is 19.3. The fourth-order valence-corrected chi connectivity index (χ4v) is 5.41. The van der Waals surface area contributed by atoms with Gasteiger partial charge < -0.3 is 9.32 Å².